The van der Waals surface area contributed by atoms with E-state index in [9.17, 15) is 0 Å². The van der Waals surface area contributed by atoms with E-state index in [1.807, 2.05) is 12.1 Å². The van der Waals surface area contributed by atoms with Gasteiger partial charge in [0.25, 0.3) is 0 Å². The first-order valence-electron chi connectivity index (χ1n) is 8.17. The largest absolute Gasteiger partial charge is 0.397 e. The summed E-state index contributed by atoms with van der Waals surface area (Å²) in [6.07, 6.45) is 9.78. The lowest BCUT2D eigenvalue weighted by molar-refractivity contribution is 0.319. The number of nitrogen functional groups attached to an aromatic ring is 1. The molecule has 0 aliphatic heterocycles. The predicted molar refractivity (Wildman–Crippen MR) is 90.4 cm³/mol. The van der Waals surface area contributed by atoms with Crippen LogP contribution in [0, 0.1) is 5.92 Å². The zero-order valence-electron chi connectivity index (χ0n) is 12.8. The van der Waals surface area contributed by atoms with E-state index in [0.29, 0.717) is 6.04 Å². The SMILES string of the molecule is CCCC1CCC(Nc2ccc(N)c3ncccc23)CC1. The van der Waals surface area contributed by atoms with Gasteiger partial charge in [-0.05, 0) is 55.9 Å². The molecule has 2 aromatic rings. The summed E-state index contributed by atoms with van der Waals surface area (Å²) in [6.45, 7) is 2.29. The lowest BCUT2D eigenvalue weighted by Gasteiger charge is -2.30. The van der Waals surface area contributed by atoms with Crippen molar-refractivity contribution in [3.63, 3.8) is 0 Å². The lowest BCUT2D eigenvalue weighted by Crippen LogP contribution is -2.26. The van der Waals surface area contributed by atoms with E-state index in [0.717, 1.165) is 22.5 Å². The Hall–Kier alpha value is -1.77. The van der Waals surface area contributed by atoms with Crippen molar-refractivity contribution in [1.29, 1.82) is 0 Å². The minimum absolute atomic E-state index is 0.588. The van der Waals surface area contributed by atoms with E-state index < -0.39 is 0 Å². The summed E-state index contributed by atoms with van der Waals surface area (Å²) in [5, 5.41) is 4.85. The Balaban J connectivity index is 1.73. The van der Waals surface area contributed by atoms with E-state index in [1.165, 1.54) is 44.2 Å². The standard InChI is InChI=1S/C18H25N3/c1-2-4-13-6-8-14(9-7-13)21-17-11-10-16(19)18-15(17)5-3-12-20-18/h3,5,10-14,21H,2,4,6-9,19H2,1H3. The number of anilines is 2. The van der Waals surface area contributed by atoms with Crippen LogP contribution in [0.25, 0.3) is 10.9 Å². The Morgan fingerprint density at radius 3 is 2.76 bits per heavy atom. The molecule has 3 N–H and O–H groups in total. The molecule has 0 bridgehead atoms. The Bertz CT molecular complexity index is 600. The zero-order valence-corrected chi connectivity index (χ0v) is 12.8. The van der Waals surface area contributed by atoms with Crippen molar-refractivity contribution in [2.75, 3.05) is 11.1 Å². The molecule has 3 rings (SSSR count). The monoisotopic (exact) mass is 283 g/mol. The number of nitrogens with two attached hydrogens (primary N) is 1. The van der Waals surface area contributed by atoms with Gasteiger partial charge in [0.1, 0.15) is 0 Å². The molecule has 1 aromatic heterocycles. The third-order valence-electron chi connectivity index (χ3n) is 4.70. The molecule has 0 unspecified atom stereocenters. The maximum absolute atomic E-state index is 6.02. The second-order valence-corrected chi connectivity index (χ2v) is 6.25. The smallest absolute Gasteiger partial charge is 0.0951 e. The molecule has 3 heteroatoms. The molecule has 1 saturated carbocycles. The zero-order chi connectivity index (χ0) is 14.7. The molecule has 1 aliphatic rings. The van der Waals surface area contributed by atoms with Crippen LogP contribution >= 0.6 is 0 Å². The average Bonchev–Trinajstić information content (AvgIpc) is 2.52. The van der Waals surface area contributed by atoms with Gasteiger partial charge >= 0.3 is 0 Å². The number of rotatable bonds is 4. The Labute approximate surface area is 127 Å². The fourth-order valence-electron chi connectivity index (χ4n) is 3.54. The highest BCUT2D eigenvalue weighted by Gasteiger charge is 2.20. The van der Waals surface area contributed by atoms with Gasteiger partial charge in [0.05, 0.1) is 11.2 Å². The highest BCUT2D eigenvalue weighted by atomic mass is 14.9. The van der Waals surface area contributed by atoms with Crippen LogP contribution in [0.1, 0.15) is 45.4 Å². The van der Waals surface area contributed by atoms with Crippen LogP contribution in [-0.4, -0.2) is 11.0 Å². The second-order valence-electron chi connectivity index (χ2n) is 6.25. The summed E-state index contributed by atoms with van der Waals surface area (Å²) in [7, 11) is 0. The van der Waals surface area contributed by atoms with E-state index in [-0.39, 0.29) is 0 Å². The van der Waals surface area contributed by atoms with Crippen LogP contribution in [0.4, 0.5) is 11.4 Å². The predicted octanol–water partition coefficient (Wildman–Crippen LogP) is 4.59. The third-order valence-corrected chi connectivity index (χ3v) is 4.70. The number of hydrogen-bond donors (Lipinski definition) is 2. The van der Waals surface area contributed by atoms with Crippen molar-refractivity contribution in [2.45, 2.75) is 51.5 Å². The number of pyridine rings is 1. The fraction of sp³-hybridized carbons (Fsp3) is 0.500. The van der Waals surface area contributed by atoms with Gasteiger partial charge in [-0.15, -0.1) is 0 Å². The van der Waals surface area contributed by atoms with E-state index in [2.05, 4.69) is 29.4 Å². The summed E-state index contributed by atoms with van der Waals surface area (Å²) in [5.74, 6) is 0.942. The number of hydrogen-bond acceptors (Lipinski definition) is 3. The number of aromatic nitrogens is 1. The van der Waals surface area contributed by atoms with Gasteiger partial charge in [-0.25, -0.2) is 0 Å². The molecule has 0 atom stereocenters. The van der Waals surface area contributed by atoms with Crippen LogP contribution in [0.15, 0.2) is 30.5 Å². The maximum Gasteiger partial charge on any atom is 0.0951 e. The molecule has 1 aliphatic carbocycles. The van der Waals surface area contributed by atoms with Crippen LogP contribution in [0.5, 0.6) is 0 Å². The molecule has 1 fully saturated rings. The van der Waals surface area contributed by atoms with Gasteiger partial charge in [0, 0.05) is 23.3 Å². The van der Waals surface area contributed by atoms with E-state index in [1.54, 1.807) is 6.20 Å². The first kappa shape index (κ1) is 14.2. The second kappa shape index (κ2) is 6.33. The fourth-order valence-corrected chi connectivity index (χ4v) is 3.54. The quantitative estimate of drug-likeness (QED) is 0.807. The topological polar surface area (TPSA) is 50.9 Å². The van der Waals surface area contributed by atoms with Gasteiger partial charge in [0.15, 0.2) is 0 Å². The van der Waals surface area contributed by atoms with Gasteiger partial charge in [-0.3, -0.25) is 4.98 Å². The van der Waals surface area contributed by atoms with Crippen molar-refractivity contribution < 1.29 is 0 Å². The summed E-state index contributed by atoms with van der Waals surface area (Å²) >= 11 is 0. The van der Waals surface area contributed by atoms with Gasteiger partial charge in [-0.2, -0.15) is 0 Å². The highest BCUT2D eigenvalue weighted by Crippen LogP contribution is 2.32. The van der Waals surface area contributed by atoms with Crippen molar-refractivity contribution in [3.8, 4) is 0 Å². The highest BCUT2D eigenvalue weighted by molar-refractivity contribution is 5.98. The molecule has 1 heterocycles. The van der Waals surface area contributed by atoms with Crippen molar-refractivity contribution in [3.05, 3.63) is 30.5 Å². The summed E-state index contributed by atoms with van der Waals surface area (Å²) in [4.78, 5) is 4.41. The third kappa shape index (κ3) is 3.12. The van der Waals surface area contributed by atoms with Crippen molar-refractivity contribution in [1.82, 2.24) is 4.98 Å². The molecule has 112 valence electrons. The minimum atomic E-state index is 0.588. The molecular formula is C18H25N3. The first-order valence-corrected chi connectivity index (χ1v) is 8.17. The van der Waals surface area contributed by atoms with Gasteiger partial charge in [0.2, 0.25) is 0 Å². The minimum Gasteiger partial charge on any atom is -0.397 e. The Morgan fingerprint density at radius 2 is 2.00 bits per heavy atom. The molecule has 3 nitrogen and oxygen atoms in total. The Kier molecular flexibility index (Phi) is 4.28. The molecular weight excluding hydrogens is 258 g/mol. The number of fused-ring (bicyclic) bond motifs is 1. The van der Waals surface area contributed by atoms with Crippen molar-refractivity contribution >= 4 is 22.3 Å². The summed E-state index contributed by atoms with van der Waals surface area (Å²) in [6, 6.07) is 8.72. The van der Waals surface area contributed by atoms with Crippen LogP contribution in [0.3, 0.4) is 0 Å². The number of benzene rings is 1. The molecule has 21 heavy (non-hydrogen) atoms. The van der Waals surface area contributed by atoms with E-state index >= 15 is 0 Å². The molecule has 0 amide bonds. The molecule has 0 spiro atoms. The van der Waals surface area contributed by atoms with Gasteiger partial charge < -0.3 is 11.1 Å². The molecule has 1 aromatic carbocycles. The van der Waals surface area contributed by atoms with E-state index in [4.69, 9.17) is 5.73 Å². The first-order chi connectivity index (χ1) is 10.3. The Morgan fingerprint density at radius 1 is 1.19 bits per heavy atom. The summed E-state index contributed by atoms with van der Waals surface area (Å²) in [5.41, 5.74) is 8.85. The summed E-state index contributed by atoms with van der Waals surface area (Å²) < 4.78 is 0. The molecule has 0 radical (unpaired) electrons. The van der Waals surface area contributed by atoms with Crippen molar-refractivity contribution in [2.24, 2.45) is 5.92 Å². The lowest BCUT2D eigenvalue weighted by atomic mass is 9.83. The van der Waals surface area contributed by atoms with Gasteiger partial charge in [-0.1, -0.05) is 19.8 Å². The normalized spacial score (nSPS) is 22.3. The van der Waals surface area contributed by atoms with Crippen LogP contribution in [-0.2, 0) is 0 Å². The molecule has 0 saturated heterocycles. The number of nitrogens with one attached hydrogen (secondary N) is 1. The maximum atomic E-state index is 6.02. The van der Waals surface area contributed by atoms with Crippen LogP contribution < -0.4 is 11.1 Å². The van der Waals surface area contributed by atoms with Crippen LogP contribution in [0.2, 0.25) is 0 Å². The average molecular weight is 283 g/mol. The number of nitrogens with zero attached hydrogens (tertiary/aromatic N) is 1.